The van der Waals surface area contributed by atoms with Gasteiger partial charge in [0.2, 0.25) is 0 Å². The number of carboxylic acids is 1. The molecule has 12 atom stereocenters. The predicted molar refractivity (Wildman–Crippen MR) is 124 cm³/mol. The Morgan fingerprint density at radius 3 is 2.28 bits per heavy atom. The van der Waals surface area contributed by atoms with Gasteiger partial charge in [-0.1, -0.05) is 20.8 Å². The van der Waals surface area contributed by atoms with Crippen molar-refractivity contribution in [2.24, 2.45) is 52.3 Å². The van der Waals surface area contributed by atoms with Crippen molar-refractivity contribution in [3.05, 3.63) is 0 Å². The van der Waals surface area contributed by atoms with Crippen LogP contribution in [0, 0.1) is 52.3 Å². The number of rotatable bonds is 6. The molecule has 0 heterocycles. The second-order valence-corrected chi connectivity index (χ2v) is 12.7. The molecular weight excluding hydrogens is 404 g/mol. The minimum absolute atomic E-state index is 0.193. The monoisotopic (exact) mass is 450 g/mol. The highest BCUT2D eigenvalue weighted by Crippen LogP contribution is 2.68. The molecule has 0 aromatic carbocycles. The quantitative estimate of drug-likeness (QED) is 0.478. The lowest BCUT2D eigenvalue weighted by molar-refractivity contribution is -0.174. The molecule has 0 bridgehead atoms. The van der Waals surface area contributed by atoms with Gasteiger partial charge in [-0.05, 0) is 117 Å². The first-order valence-electron chi connectivity index (χ1n) is 13.3. The molecule has 4 aliphatic carbocycles. The summed E-state index contributed by atoms with van der Waals surface area (Å²) in [5, 5.41) is 41.1. The highest BCUT2D eigenvalue weighted by atomic mass is 16.4. The summed E-state index contributed by atoms with van der Waals surface area (Å²) in [5.41, 5.74) is 0.480. The minimum Gasteiger partial charge on any atom is -0.481 e. The SMILES string of the molecule is C[C@H](CCC(O)[C@@H](C)C(=O)O)[C@H]1CC[C@H]2[C@@H]3[C@H](O)C[C@@H]4C[C@H](O)CC[C@]4(C)[C@H]3CC[C@]12C. The highest BCUT2D eigenvalue weighted by molar-refractivity contribution is 5.70. The van der Waals surface area contributed by atoms with E-state index in [0.29, 0.717) is 41.9 Å². The van der Waals surface area contributed by atoms with Crippen LogP contribution in [0.5, 0.6) is 0 Å². The van der Waals surface area contributed by atoms with Crippen LogP contribution in [0.15, 0.2) is 0 Å². The average molecular weight is 451 g/mol. The van der Waals surface area contributed by atoms with Crippen molar-refractivity contribution in [3.8, 4) is 0 Å². The number of aliphatic carboxylic acids is 1. The molecule has 184 valence electrons. The van der Waals surface area contributed by atoms with E-state index in [1.807, 2.05) is 0 Å². The van der Waals surface area contributed by atoms with Crippen LogP contribution >= 0.6 is 0 Å². The fourth-order valence-corrected chi connectivity index (χ4v) is 9.22. The van der Waals surface area contributed by atoms with Gasteiger partial charge in [-0.15, -0.1) is 0 Å². The van der Waals surface area contributed by atoms with Crippen molar-refractivity contribution >= 4 is 5.97 Å². The fraction of sp³-hybridized carbons (Fsp3) is 0.963. The van der Waals surface area contributed by atoms with Gasteiger partial charge in [0, 0.05) is 0 Å². The van der Waals surface area contributed by atoms with E-state index in [9.17, 15) is 25.2 Å². The Balaban J connectivity index is 1.47. The first-order valence-corrected chi connectivity index (χ1v) is 13.3. The number of hydrogen-bond donors (Lipinski definition) is 4. The second kappa shape index (κ2) is 8.85. The summed E-state index contributed by atoms with van der Waals surface area (Å²) in [7, 11) is 0. The summed E-state index contributed by atoms with van der Waals surface area (Å²) in [6.07, 6.45) is 8.64. The summed E-state index contributed by atoms with van der Waals surface area (Å²) >= 11 is 0. The zero-order chi connectivity index (χ0) is 23.4. The van der Waals surface area contributed by atoms with Gasteiger partial charge in [0.25, 0.3) is 0 Å². The van der Waals surface area contributed by atoms with Crippen molar-refractivity contribution in [2.75, 3.05) is 0 Å². The van der Waals surface area contributed by atoms with E-state index in [2.05, 4.69) is 20.8 Å². The molecule has 5 heteroatoms. The number of hydrogen-bond acceptors (Lipinski definition) is 4. The summed E-state index contributed by atoms with van der Waals surface area (Å²) in [6.45, 7) is 8.80. The first-order chi connectivity index (χ1) is 15.0. The molecule has 1 unspecified atom stereocenters. The zero-order valence-corrected chi connectivity index (χ0v) is 20.5. The van der Waals surface area contributed by atoms with Crippen LogP contribution in [-0.2, 0) is 4.79 Å². The van der Waals surface area contributed by atoms with E-state index in [1.165, 1.54) is 25.7 Å². The third kappa shape index (κ3) is 3.94. The third-order valence-corrected chi connectivity index (χ3v) is 11.3. The molecule has 0 spiro atoms. The maximum Gasteiger partial charge on any atom is 0.308 e. The summed E-state index contributed by atoms with van der Waals surface area (Å²) in [6, 6.07) is 0. The van der Waals surface area contributed by atoms with Gasteiger partial charge in [-0.25, -0.2) is 0 Å². The Bertz CT molecular complexity index is 696. The topological polar surface area (TPSA) is 98.0 Å². The largest absolute Gasteiger partial charge is 0.481 e. The Morgan fingerprint density at radius 2 is 1.59 bits per heavy atom. The molecule has 0 aliphatic heterocycles. The van der Waals surface area contributed by atoms with Crippen LogP contribution in [0.2, 0.25) is 0 Å². The maximum atomic E-state index is 11.3. The standard InChI is InChI=1S/C27H46O5/c1-15(5-8-22(29)16(2)25(31)32)19-6-7-20-24-21(10-12-27(19,20)4)26(3)11-9-18(28)13-17(26)14-23(24)30/h15-24,28-30H,5-14H2,1-4H3,(H,31,32)/t15-,16-,17+,18-,19-,20+,21+,22?,23-,24+,26+,27-/m1/s1. The highest BCUT2D eigenvalue weighted by Gasteiger charge is 2.62. The fourth-order valence-electron chi connectivity index (χ4n) is 9.22. The van der Waals surface area contributed by atoms with Gasteiger partial charge in [0.15, 0.2) is 0 Å². The van der Waals surface area contributed by atoms with Crippen LogP contribution in [-0.4, -0.2) is 44.7 Å². The van der Waals surface area contributed by atoms with E-state index in [1.54, 1.807) is 6.92 Å². The van der Waals surface area contributed by atoms with E-state index >= 15 is 0 Å². The number of carbonyl (C=O) groups is 1. The lowest BCUT2D eigenvalue weighted by atomic mass is 9.43. The minimum atomic E-state index is -0.926. The van der Waals surface area contributed by atoms with E-state index in [4.69, 9.17) is 0 Å². The van der Waals surface area contributed by atoms with Crippen LogP contribution in [0.1, 0.15) is 91.9 Å². The molecule has 0 aromatic heterocycles. The zero-order valence-electron chi connectivity index (χ0n) is 20.5. The smallest absolute Gasteiger partial charge is 0.308 e. The third-order valence-electron chi connectivity index (χ3n) is 11.3. The molecular formula is C27H46O5. The van der Waals surface area contributed by atoms with Crippen molar-refractivity contribution in [3.63, 3.8) is 0 Å². The molecule has 4 aliphatic rings. The van der Waals surface area contributed by atoms with E-state index < -0.39 is 18.0 Å². The average Bonchev–Trinajstić information content (AvgIpc) is 3.09. The Hall–Kier alpha value is -0.650. The molecule has 0 aromatic rings. The van der Waals surface area contributed by atoms with Crippen LogP contribution < -0.4 is 0 Å². The predicted octanol–water partition coefficient (Wildman–Crippen LogP) is 4.47. The molecule has 32 heavy (non-hydrogen) atoms. The van der Waals surface area contributed by atoms with Crippen molar-refractivity contribution in [1.29, 1.82) is 0 Å². The van der Waals surface area contributed by atoms with Crippen molar-refractivity contribution in [1.82, 2.24) is 0 Å². The van der Waals surface area contributed by atoms with Crippen LogP contribution in [0.3, 0.4) is 0 Å². The van der Waals surface area contributed by atoms with E-state index in [0.717, 1.165) is 32.1 Å². The maximum absolute atomic E-state index is 11.3. The number of aliphatic hydroxyl groups is 3. The summed E-state index contributed by atoms with van der Waals surface area (Å²) in [5.74, 6) is 1.32. The van der Waals surface area contributed by atoms with Crippen molar-refractivity contribution in [2.45, 2.75) is 110 Å². The van der Waals surface area contributed by atoms with Gasteiger partial charge in [0.1, 0.15) is 0 Å². The summed E-state index contributed by atoms with van der Waals surface area (Å²) in [4.78, 5) is 11.2. The molecule has 5 nitrogen and oxygen atoms in total. The molecule has 4 N–H and O–H groups in total. The van der Waals surface area contributed by atoms with Gasteiger partial charge in [0.05, 0.1) is 24.2 Å². The normalized spacial score (nSPS) is 48.8. The molecule has 0 saturated heterocycles. The Labute approximate surface area is 194 Å². The van der Waals surface area contributed by atoms with Gasteiger partial charge < -0.3 is 20.4 Å². The molecule has 4 rings (SSSR count). The molecule has 4 fully saturated rings. The summed E-state index contributed by atoms with van der Waals surface area (Å²) < 4.78 is 0. The molecule has 0 amide bonds. The molecule has 0 radical (unpaired) electrons. The number of fused-ring (bicyclic) bond motifs is 5. The lowest BCUT2D eigenvalue weighted by Crippen LogP contribution is -2.58. The van der Waals surface area contributed by atoms with Crippen LogP contribution in [0.4, 0.5) is 0 Å². The van der Waals surface area contributed by atoms with Crippen LogP contribution in [0.25, 0.3) is 0 Å². The van der Waals surface area contributed by atoms with E-state index in [-0.39, 0.29) is 23.0 Å². The Kier molecular flexibility index (Phi) is 6.77. The molecule has 4 saturated carbocycles. The number of aliphatic hydroxyl groups excluding tert-OH is 3. The lowest BCUT2D eigenvalue weighted by Gasteiger charge is -2.62. The first kappa shape index (κ1) is 24.5. The van der Waals surface area contributed by atoms with Gasteiger partial charge in [-0.3, -0.25) is 4.79 Å². The van der Waals surface area contributed by atoms with Crippen molar-refractivity contribution < 1.29 is 25.2 Å². The second-order valence-electron chi connectivity index (χ2n) is 12.7. The number of carboxylic acid groups (broad SMARTS) is 1. The Morgan fingerprint density at radius 1 is 0.938 bits per heavy atom. The van der Waals surface area contributed by atoms with Gasteiger partial charge >= 0.3 is 5.97 Å². The van der Waals surface area contributed by atoms with Gasteiger partial charge in [-0.2, -0.15) is 0 Å².